The van der Waals surface area contributed by atoms with E-state index in [1.807, 2.05) is 0 Å². The van der Waals surface area contributed by atoms with Crippen molar-refractivity contribution in [2.45, 2.75) is 0 Å². The van der Waals surface area contributed by atoms with Crippen LogP contribution in [0.5, 0.6) is 0 Å². The van der Waals surface area contributed by atoms with Gasteiger partial charge in [-0.3, -0.25) is 5.43 Å². The van der Waals surface area contributed by atoms with Gasteiger partial charge in [0.15, 0.2) is 0 Å². The summed E-state index contributed by atoms with van der Waals surface area (Å²) in [6.45, 7) is 0. The molecule has 1 aromatic heterocycles. The Morgan fingerprint density at radius 2 is 2.50 bits per heavy atom. The fourth-order valence-electron chi connectivity index (χ4n) is 0.331. The number of hydrogen-bond donors (Lipinski definition) is 3. The lowest BCUT2D eigenvalue weighted by Crippen LogP contribution is -2.15. The molecule has 1 rings (SSSR count). The van der Waals surface area contributed by atoms with Crippen molar-refractivity contribution in [2.75, 3.05) is 12.5 Å². The predicted octanol–water partition coefficient (Wildman–Crippen LogP) is -1.25. The van der Waals surface area contributed by atoms with Crippen molar-refractivity contribution in [3.05, 3.63) is 0 Å². The van der Waals surface area contributed by atoms with Gasteiger partial charge in [-0.2, -0.15) is 0 Å². The van der Waals surface area contributed by atoms with Crippen LogP contribution < -0.4 is 10.9 Å². The second kappa shape index (κ2) is 2.22. The standard InChI is InChI=1S/C2H6N6/c1-3-4-2-5-7-8-6-2/h3H,1H3,(H2,4,5,6,7,8). The minimum absolute atomic E-state index is 0.507. The summed E-state index contributed by atoms with van der Waals surface area (Å²) < 4.78 is 0. The fourth-order valence-corrected chi connectivity index (χ4v) is 0.331. The van der Waals surface area contributed by atoms with Gasteiger partial charge in [-0.15, -0.1) is 0 Å². The highest BCUT2D eigenvalue weighted by molar-refractivity contribution is 5.15. The molecule has 0 spiro atoms. The largest absolute Gasteiger partial charge is 0.289 e. The third-order valence-electron chi connectivity index (χ3n) is 0.589. The Bertz CT molecular complexity index is 132. The van der Waals surface area contributed by atoms with E-state index in [9.17, 15) is 0 Å². The van der Waals surface area contributed by atoms with Crippen LogP contribution in [0.2, 0.25) is 0 Å². The highest BCUT2D eigenvalue weighted by Gasteiger charge is 1.87. The average Bonchev–Trinajstić information content (AvgIpc) is 2.19. The van der Waals surface area contributed by atoms with E-state index in [0.717, 1.165) is 0 Å². The quantitative estimate of drug-likeness (QED) is 0.418. The summed E-state index contributed by atoms with van der Waals surface area (Å²) >= 11 is 0. The zero-order valence-corrected chi connectivity index (χ0v) is 4.34. The van der Waals surface area contributed by atoms with E-state index in [4.69, 9.17) is 0 Å². The van der Waals surface area contributed by atoms with Gasteiger partial charge >= 0.3 is 0 Å². The third-order valence-corrected chi connectivity index (χ3v) is 0.589. The summed E-state index contributed by atoms with van der Waals surface area (Å²) in [5.74, 6) is 0.507. The second-order valence-corrected chi connectivity index (χ2v) is 1.12. The summed E-state index contributed by atoms with van der Waals surface area (Å²) in [7, 11) is 1.72. The molecule has 0 saturated carbocycles. The number of nitrogens with zero attached hydrogens (tertiary/aromatic N) is 3. The van der Waals surface area contributed by atoms with Crippen LogP contribution in [0.4, 0.5) is 5.95 Å². The molecule has 3 N–H and O–H groups in total. The summed E-state index contributed by atoms with van der Waals surface area (Å²) in [6.07, 6.45) is 0. The van der Waals surface area contributed by atoms with Crippen molar-refractivity contribution in [3.8, 4) is 0 Å². The number of aromatic amines is 1. The Balaban J connectivity index is 2.50. The van der Waals surface area contributed by atoms with Gasteiger partial charge in [0.25, 0.3) is 5.95 Å². The lowest BCUT2D eigenvalue weighted by Gasteiger charge is -1.92. The van der Waals surface area contributed by atoms with E-state index >= 15 is 0 Å². The Morgan fingerprint density at radius 3 is 3.00 bits per heavy atom. The number of anilines is 1. The molecule has 0 radical (unpaired) electrons. The molecule has 0 saturated heterocycles. The minimum Gasteiger partial charge on any atom is -0.289 e. The van der Waals surface area contributed by atoms with E-state index in [-0.39, 0.29) is 0 Å². The van der Waals surface area contributed by atoms with Crippen molar-refractivity contribution < 1.29 is 0 Å². The van der Waals surface area contributed by atoms with Crippen molar-refractivity contribution >= 4 is 5.95 Å². The topological polar surface area (TPSA) is 78.5 Å². The number of aromatic nitrogens is 4. The maximum Gasteiger partial charge on any atom is 0.254 e. The smallest absolute Gasteiger partial charge is 0.254 e. The number of tetrazole rings is 1. The molecule has 0 unspecified atom stereocenters. The Labute approximate surface area is 45.6 Å². The van der Waals surface area contributed by atoms with Crippen LogP contribution in [0.25, 0.3) is 0 Å². The maximum absolute atomic E-state index is 3.52. The van der Waals surface area contributed by atoms with Crippen LogP contribution in [0, 0.1) is 0 Å². The van der Waals surface area contributed by atoms with Crippen molar-refractivity contribution in [2.24, 2.45) is 0 Å². The first kappa shape index (κ1) is 4.98. The normalized spacial score (nSPS) is 9.12. The molecule has 0 aromatic carbocycles. The molecular formula is C2H6N6. The molecule has 1 heterocycles. The zero-order valence-electron chi connectivity index (χ0n) is 4.34. The summed E-state index contributed by atoms with van der Waals surface area (Å²) in [6, 6.07) is 0. The first-order chi connectivity index (χ1) is 3.93. The molecule has 44 valence electrons. The first-order valence-corrected chi connectivity index (χ1v) is 2.10. The number of hydrogen-bond acceptors (Lipinski definition) is 5. The lowest BCUT2D eigenvalue weighted by molar-refractivity contribution is 0.881. The van der Waals surface area contributed by atoms with Crippen LogP contribution >= 0.6 is 0 Å². The second-order valence-electron chi connectivity index (χ2n) is 1.12. The van der Waals surface area contributed by atoms with Crippen LogP contribution in [-0.4, -0.2) is 27.7 Å². The van der Waals surface area contributed by atoms with Crippen molar-refractivity contribution in [1.29, 1.82) is 0 Å². The van der Waals surface area contributed by atoms with Gasteiger partial charge in [0.1, 0.15) is 0 Å². The van der Waals surface area contributed by atoms with E-state index in [0.29, 0.717) is 5.95 Å². The van der Waals surface area contributed by atoms with Gasteiger partial charge in [-0.05, 0) is 10.4 Å². The Morgan fingerprint density at radius 1 is 1.62 bits per heavy atom. The highest BCUT2D eigenvalue weighted by Crippen LogP contribution is 1.82. The Hall–Kier alpha value is -1.17. The molecule has 0 aliphatic heterocycles. The van der Waals surface area contributed by atoms with Crippen molar-refractivity contribution in [3.63, 3.8) is 0 Å². The molecule has 0 fully saturated rings. The van der Waals surface area contributed by atoms with Gasteiger partial charge in [0.05, 0.1) is 0 Å². The fraction of sp³-hybridized carbons (Fsp3) is 0.500. The SMILES string of the molecule is CNNc1nnn[nH]1. The highest BCUT2D eigenvalue weighted by atomic mass is 15.5. The molecule has 6 heteroatoms. The summed E-state index contributed by atoms with van der Waals surface area (Å²) in [5, 5.41) is 12.6. The van der Waals surface area contributed by atoms with E-state index in [1.54, 1.807) is 7.05 Å². The van der Waals surface area contributed by atoms with Gasteiger partial charge in [0.2, 0.25) is 0 Å². The number of rotatable bonds is 2. The van der Waals surface area contributed by atoms with Gasteiger partial charge in [0, 0.05) is 7.05 Å². The van der Waals surface area contributed by atoms with Gasteiger partial charge in [-0.25, -0.2) is 10.5 Å². The molecule has 0 amide bonds. The monoisotopic (exact) mass is 114 g/mol. The molecule has 0 aliphatic rings. The van der Waals surface area contributed by atoms with Gasteiger partial charge in [-0.1, -0.05) is 5.10 Å². The molecule has 0 aliphatic carbocycles. The van der Waals surface area contributed by atoms with Crippen LogP contribution in [0.15, 0.2) is 0 Å². The summed E-state index contributed by atoms with van der Waals surface area (Å²) in [4.78, 5) is 0. The Kier molecular flexibility index (Phi) is 1.38. The molecule has 0 bridgehead atoms. The minimum atomic E-state index is 0.507. The molecule has 1 aromatic rings. The number of H-pyrrole nitrogens is 1. The average molecular weight is 114 g/mol. The third kappa shape index (κ3) is 0.909. The lowest BCUT2D eigenvalue weighted by atomic mass is 11.1. The predicted molar refractivity (Wildman–Crippen MR) is 26.9 cm³/mol. The van der Waals surface area contributed by atoms with Crippen molar-refractivity contribution in [1.82, 2.24) is 26.0 Å². The van der Waals surface area contributed by atoms with Gasteiger partial charge < -0.3 is 0 Å². The number of nitrogens with one attached hydrogen (secondary N) is 3. The molecule has 8 heavy (non-hydrogen) atoms. The molecular weight excluding hydrogens is 108 g/mol. The van der Waals surface area contributed by atoms with E-state index < -0.39 is 0 Å². The molecule has 6 nitrogen and oxygen atoms in total. The summed E-state index contributed by atoms with van der Waals surface area (Å²) in [5.41, 5.74) is 5.29. The van der Waals surface area contributed by atoms with Crippen LogP contribution in [-0.2, 0) is 0 Å². The van der Waals surface area contributed by atoms with E-state index in [2.05, 4.69) is 31.5 Å². The number of hydrazine groups is 1. The van der Waals surface area contributed by atoms with E-state index in [1.165, 1.54) is 0 Å². The van der Waals surface area contributed by atoms with Crippen LogP contribution in [0.3, 0.4) is 0 Å². The maximum atomic E-state index is 3.52. The molecule has 0 atom stereocenters. The van der Waals surface area contributed by atoms with Crippen LogP contribution in [0.1, 0.15) is 0 Å². The zero-order chi connectivity index (χ0) is 5.82. The first-order valence-electron chi connectivity index (χ1n) is 2.10.